The first-order valence-corrected chi connectivity index (χ1v) is 6.35. The molecule has 2 rings (SSSR count). The fourth-order valence-electron chi connectivity index (χ4n) is 1.88. The van der Waals surface area contributed by atoms with Gasteiger partial charge in [0.05, 0.1) is 12.7 Å². The zero-order chi connectivity index (χ0) is 15.2. The van der Waals surface area contributed by atoms with Crippen LogP contribution in [0.25, 0.3) is 0 Å². The Balaban J connectivity index is 2.03. The van der Waals surface area contributed by atoms with E-state index in [1.807, 2.05) is 0 Å². The van der Waals surface area contributed by atoms with Gasteiger partial charge in [0.1, 0.15) is 0 Å². The fourth-order valence-corrected chi connectivity index (χ4v) is 1.88. The van der Waals surface area contributed by atoms with E-state index in [9.17, 15) is 14.7 Å². The maximum absolute atomic E-state index is 12.1. The lowest BCUT2D eigenvalue weighted by Gasteiger charge is -2.21. The highest BCUT2D eigenvalue weighted by molar-refractivity contribution is 5.83. The molecule has 0 radical (unpaired) electrons. The van der Waals surface area contributed by atoms with Crippen LogP contribution in [0.3, 0.4) is 0 Å². The van der Waals surface area contributed by atoms with E-state index in [1.54, 1.807) is 49.8 Å². The number of amides is 2. The maximum Gasteiger partial charge on any atom is 0.330 e. The van der Waals surface area contributed by atoms with Crippen LogP contribution in [-0.2, 0) is 11.3 Å². The average Bonchev–Trinajstić information content (AvgIpc) is 2.98. The number of carboxylic acids is 1. The summed E-state index contributed by atoms with van der Waals surface area (Å²) in [4.78, 5) is 24.8. The SMILES string of the molecule is CN(Cc1cn[nH]c1)C(=O)NC(C(=O)O)c1ccccc1. The molecule has 7 nitrogen and oxygen atoms in total. The molecule has 0 bridgehead atoms. The number of aromatic amines is 1. The zero-order valence-corrected chi connectivity index (χ0v) is 11.5. The molecule has 2 aromatic rings. The van der Waals surface area contributed by atoms with Gasteiger partial charge in [-0.15, -0.1) is 0 Å². The topological polar surface area (TPSA) is 98.3 Å². The normalized spacial score (nSPS) is 11.7. The molecule has 1 aromatic carbocycles. The molecule has 7 heteroatoms. The number of nitrogens with zero attached hydrogens (tertiary/aromatic N) is 2. The number of hydrogen-bond acceptors (Lipinski definition) is 3. The fraction of sp³-hybridized carbons (Fsp3) is 0.214. The number of rotatable bonds is 5. The van der Waals surface area contributed by atoms with Crippen LogP contribution in [0.4, 0.5) is 4.79 Å². The third-order valence-electron chi connectivity index (χ3n) is 2.97. The molecule has 3 N–H and O–H groups in total. The Morgan fingerprint density at radius 1 is 1.38 bits per heavy atom. The van der Waals surface area contributed by atoms with Crippen LogP contribution >= 0.6 is 0 Å². The number of hydrogen-bond donors (Lipinski definition) is 3. The molecule has 1 atom stereocenters. The molecule has 110 valence electrons. The highest BCUT2D eigenvalue weighted by Gasteiger charge is 2.23. The smallest absolute Gasteiger partial charge is 0.330 e. The second kappa shape index (κ2) is 6.56. The Hall–Kier alpha value is -2.83. The van der Waals surface area contributed by atoms with E-state index in [-0.39, 0.29) is 0 Å². The van der Waals surface area contributed by atoms with E-state index >= 15 is 0 Å². The molecule has 0 spiro atoms. The average molecular weight is 288 g/mol. The first-order chi connectivity index (χ1) is 10.1. The van der Waals surface area contributed by atoms with Crippen molar-refractivity contribution in [3.8, 4) is 0 Å². The van der Waals surface area contributed by atoms with E-state index in [0.29, 0.717) is 12.1 Å². The third-order valence-corrected chi connectivity index (χ3v) is 2.97. The number of aliphatic carboxylic acids is 1. The van der Waals surface area contributed by atoms with Crippen LogP contribution in [0.15, 0.2) is 42.7 Å². The highest BCUT2D eigenvalue weighted by Crippen LogP contribution is 2.13. The van der Waals surface area contributed by atoms with Gasteiger partial charge in [0.15, 0.2) is 6.04 Å². The van der Waals surface area contributed by atoms with Gasteiger partial charge in [-0.1, -0.05) is 30.3 Å². The van der Waals surface area contributed by atoms with Crippen molar-refractivity contribution in [3.63, 3.8) is 0 Å². The summed E-state index contributed by atoms with van der Waals surface area (Å²) in [5, 5.41) is 18.2. The minimum atomic E-state index is -1.11. The molecule has 21 heavy (non-hydrogen) atoms. The van der Waals surface area contributed by atoms with Crippen LogP contribution in [0.5, 0.6) is 0 Å². The summed E-state index contributed by atoms with van der Waals surface area (Å²) in [5.41, 5.74) is 1.36. The Bertz CT molecular complexity index is 598. The molecule has 0 aliphatic carbocycles. The van der Waals surface area contributed by atoms with Crippen molar-refractivity contribution in [2.75, 3.05) is 7.05 Å². The quantitative estimate of drug-likeness (QED) is 0.774. The second-order valence-corrected chi connectivity index (χ2v) is 4.59. The van der Waals surface area contributed by atoms with Crippen molar-refractivity contribution in [1.82, 2.24) is 20.4 Å². The minimum Gasteiger partial charge on any atom is -0.479 e. The molecule has 0 saturated heterocycles. The van der Waals surface area contributed by atoms with E-state index in [4.69, 9.17) is 0 Å². The number of aromatic nitrogens is 2. The molecule has 1 heterocycles. The van der Waals surface area contributed by atoms with Gasteiger partial charge in [0.25, 0.3) is 0 Å². The summed E-state index contributed by atoms with van der Waals surface area (Å²) in [6.45, 7) is 0.337. The predicted octanol–water partition coefficient (Wildman–Crippen LogP) is 1.38. The van der Waals surface area contributed by atoms with Gasteiger partial charge in [-0.3, -0.25) is 5.10 Å². The zero-order valence-electron chi connectivity index (χ0n) is 11.5. The molecule has 0 fully saturated rings. The molecule has 2 amide bonds. The van der Waals surface area contributed by atoms with E-state index in [2.05, 4.69) is 15.5 Å². The standard InChI is InChI=1S/C14H16N4O3/c1-18(9-10-7-15-16-8-10)14(21)17-12(13(19)20)11-5-3-2-4-6-11/h2-8,12H,9H2,1H3,(H,15,16)(H,17,21)(H,19,20). The van der Waals surface area contributed by atoms with Gasteiger partial charge in [0.2, 0.25) is 0 Å². The van der Waals surface area contributed by atoms with Gasteiger partial charge in [-0.05, 0) is 5.56 Å². The van der Waals surface area contributed by atoms with Crippen molar-refractivity contribution in [2.45, 2.75) is 12.6 Å². The number of carbonyl (C=O) groups is 2. The molecular formula is C14H16N4O3. The van der Waals surface area contributed by atoms with Gasteiger partial charge >= 0.3 is 12.0 Å². The Kier molecular flexibility index (Phi) is 4.55. The molecule has 0 aliphatic rings. The van der Waals surface area contributed by atoms with Gasteiger partial charge in [0, 0.05) is 18.8 Å². The van der Waals surface area contributed by atoms with Crippen LogP contribution < -0.4 is 5.32 Å². The number of carboxylic acid groups (broad SMARTS) is 1. The van der Waals surface area contributed by atoms with Crippen LogP contribution in [0, 0.1) is 0 Å². The molecule has 1 unspecified atom stereocenters. The molecule has 0 aliphatic heterocycles. The second-order valence-electron chi connectivity index (χ2n) is 4.59. The van der Waals surface area contributed by atoms with Crippen LogP contribution in [0.1, 0.15) is 17.2 Å². The lowest BCUT2D eigenvalue weighted by molar-refractivity contribution is -0.139. The molecule has 1 aromatic heterocycles. The summed E-state index contributed by atoms with van der Waals surface area (Å²) in [7, 11) is 1.59. The van der Waals surface area contributed by atoms with E-state index in [1.165, 1.54) is 4.90 Å². The van der Waals surface area contributed by atoms with Crippen molar-refractivity contribution in [1.29, 1.82) is 0 Å². The minimum absolute atomic E-state index is 0.337. The summed E-state index contributed by atoms with van der Waals surface area (Å²) in [6.07, 6.45) is 3.28. The van der Waals surface area contributed by atoms with Gasteiger partial charge in [-0.25, -0.2) is 9.59 Å². The lowest BCUT2D eigenvalue weighted by atomic mass is 10.1. The van der Waals surface area contributed by atoms with Gasteiger partial charge < -0.3 is 15.3 Å². The van der Waals surface area contributed by atoms with Gasteiger partial charge in [-0.2, -0.15) is 5.10 Å². The number of nitrogens with one attached hydrogen (secondary N) is 2. The molecule has 0 saturated carbocycles. The Labute approximate surface area is 121 Å². The van der Waals surface area contributed by atoms with Crippen molar-refractivity contribution < 1.29 is 14.7 Å². The number of H-pyrrole nitrogens is 1. The number of benzene rings is 1. The molecular weight excluding hydrogens is 272 g/mol. The van der Waals surface area contributed by atoms with Crippen molar-refractivity contribution in [3.05, 3.63) is 53.9 Å². The Morgan fingerprint density at radius 3 is 2.67 bits per heavy atom. The monoisotopic (exact) mass is 288 g/mol. The largest absolute Gasteiger partial charge is 0.479 e. The highest BCUT2D eigenvalue weighted by atomic mass is 16.4. The summed E-state index contributed by atoms with van der Waals surface area (Å²) >= 11 is 0. The summed E-state index contributed by atoms with van der Waals surface area (Å²) in [5.74, 6) is -1.11. The summed E-state index contributed by atoms with van der Waals surface area (Å²) < 4.78 is 0. The van der Waals surface area contributed by atoms with Crippen molar-refractivity contribution >= 4 is 12.0 Å². The first kappa shape index (κ1) is 14.6. The lowest BCUT2D eigenvalue weighted by Crippen LogP contribution is -2.41. The number of urea groups is 1. The van der Waals surface area contributed by atoms with E-state index < -0.39 is 18.0 Å². The predicted molar refractivity (Wildman–Crippen MR) is 75.4 cm³/mol. The van der Waals surface area contributed by atoms with E-state index in [0.717, 1.165) is 5.56 Å². The summed E-state index contributed by atoms with van der Waals surface area (Å²) in [6, 6.07) is 7.02. The number of carbonyl (C=O) groups excluding carboxylic acids is 1. The maximum atomic E-state index is 12.1. The Morgan fingerprint density at radius 2 is 2.10 bits per heavy atom. The van der Waals surface area contributed by atoms with Crippen molar-refractivity contribution in [2.24, 2.45) is 0 Å². The van der Waals surface area contributed by atoms with Crippen LogP contribution in [-0.4, -0.2) is 39.3 Å². The first-order valence-electron chi connectivity index (χ1n) is 6.35. The third kappa shape index (κ3) is 3.82. The van der Waals surface area contributed by atoms with Crippen LogP contribution in [0.2, 0.25) is 0 Å².